The van der Waals surface area contributed by atoms with Gasteiger partial charge in [0.15, 0.2) is 0 Å². The molecule has 2 amide bonds. The molecule has 1 aromatic rings. The minimum atomic E-state index is -0.647. The van der Waals surface area contributed by atoms with Gasteiger partial charge in [0.1, 0.15) is 5.82 Å². The van der Waals surface area contributed by atoms with Gasteiger partial charge in [-0.15, -0.1) is 0 Å². The van der Waals surface area contributed by atoms with Gasteiger partial charge in [0, 0.05) is 25.3 Å². The van der Waals surface area contributed by atoms with Gasteiger partial charge in [-0.1, -0.05) is 0 Å². The van der Waals surface area contributed by atoms with E-state index in [0.717, 1.165) is 6.07 Å². The van der Waals surface area contributed by atoms with E-state index in [1.54, 1.807) is 6.92 Å². The Morgan fingerprint density at radius 2 is 2.10 bits per heavy atom. The van der Waals surface area contributed by atoms with Gasteiger partial charge in [-0.25, -0.2) is 4.39 Å². The van der Waals surface area contributed by atoms with Crippen LogP contribution in [0.1, 0.15) is 37.0 Å². The molecule has 3 N–H and O–H groups in total. The second-order valence-corrected chi connectivity index (χ2v) is 4.62. The molecule has 0 spiro atoms. The van der Waals surface area contributed by atoms with Crippen LogP contribution in [0.15, 0.2) is 18.2 Å². The third kappa shape index (κ3) is 4.97. The van der Waals surface area contributed by atoms with Crippen molar-refractivity contribution in [3.8, 4) is 0 Å². The second kappa shape index (κ2) is 7.59. The van der Waals surface area contributed by atoms with E-state index in [2.05, 4.69) is 10.6 Å². The monoisotopic (exact) mass is 282 g/mol. The first-order chi connectivity index (χ1) is 9.43. The number of hydrogen-bond donors (Lipinski definition) is 3. The first-order valence-corrected chi connectivity index (χ1v) is 6.43. The number of anilines is 1. The van der Waals surface area contributed by atoms with Crippen molar-refractivity contribution in [3.63, 3.8) is 0 Å². The number of carbonyl (C=O) groups is 2. The van der Waals surface area contributed by atoms with E-state index in [1.807, 2.05) is 0 Å². The zero-order valence-corrected chi connectivity index (χ0v) is 11.6. The van der Waals surface area contributed by atoms with Gasteiger partial charge in [0.25, 0.3) is 5.91 Å². The summed E-state index contributed by atoms with van der Waals surface area (Å²) >= 11 is 0. The van der Waals surface area contributed by atoms with Crippen molar-refractivity contribution < 1.29 is 19.1 Å². The Hall–Kier alpha value is -1.95. The van der Waals surface area contributed by atoms with E-state index in [1.165, 1.54) is 19.1 Å². The Morgan fingerprint density at radius 3 is 2.70 bits per heavy atom. The molecule has 0 aromatic heterocycles. The molecule has 0 fully saturated rings. The highest BCUT2D eigenvalue weighted by atomic mass is 19.1. The molecule has 110 valence electrons. The number of halogens is 1. The lowest BCUT2D eigenvalue weighted by Crippen LogP contribution is -2.33. The number of benzene rings is 1. The maximum atomic E-state index is 13.6. The molecule has 0 bridgehead atoms. The zero-order valence-electron chi connectivity index (χ0n) is 11.6. The first kappa shape index (κ1) is 16.1. The third-order valence-corrected chi connectivity index (χ3v) is 2.70. The summed E-state index contributed by atoms with van der Waals surface area (Å²) in [5.74, 6) is -1.48. The van der Waals surface area contributed by atoms with Gasteiger partial charge < -0.3 is 15.7 Å². The van der Waals surface area contributed by atoms with Gasteiger partial charge >= 0.3 is 0 Å². The van der Waals surface area contributed by atoms with Crippen LogP contribution in [0.5, 0.6) is 0 Å². The number of amides is 2. The molecule has 0 aliphatic carbocycles. The second-order valence-electron chi connectivity index (χ2n) is 4.62. The van der Waals surface area contributed by atoms with Crippen molar-refractivity contribution in [1.82, 2.24) is 5.32 Å². The lowest BCUT2D eigenvalue weighted by Gasteiger charge is -2.14. The van der Waals surface area contributed by atoms with Crippen molar-refractivity contribution in [2.24, 2.45) is 0 Å². The van der Waals surface area contributed by atoms with E-state index >= 15 is 0 Å². The molecule has 0 saturated carbocycles. The third-order valence-electron chi connectivity index (χ3n) is 2.70. The molecule has 5 nitrogen and oxygen atoms in total. The quantitative estimate of drug-likeness (QED) is 0.742. The molecule has 0 aliphatic rings. The van der Waals surface area contributed by atoms with Crippen LogP contribution < -0.4 is 10.6 Å². The number of carbonyl (C=O) groups excluding carboxylic acids is 2. The maximum Gasteiger partial charge on any atom is 0.254 e. The van der Waals surface area contributed by atoms with Crippen molar-refractivity contribution in [1.29, 1.82) is 0 Å². The van der Waals surface area contributed by atoms with Crippen LogP contribution in [0, 0.1) is 5.82 Å². The lowest BCUT2D eigenvalue weighted by atomic mass is 10.1. The van der Waals surface area contributed by atoms with Gasteiger partial charge in [0.2, 0.25) is 5.91 Å². The van der Waals surface area contributed by atoms with E-state index in [4.69, 9.17) is 5.11 Å². The highest BCUT2D eigenvalue weighted by Crippen LogP contribution is 2.15. The van der Waals surface area contributed by atoms with Crippen LogP contribution in [-0.2, 0) is 4.79 Å². The van der Waals surface area contributed by atoms with Crippen molar-refractivity contribution in [2.45, 2.75) is 32.7 Å². The Morgan fingerprint density at radius 1 is 1.40 bits per heavy atom. The molecular weight excluding hydrogens is 263 g/mol. The van der Waals surface area contributed by atoms with Gasteiger partial charge in [0.05, 0.1) is 5.56 Å². The maximum absolute atomic E-state index is 13.6. The lowest BCUT2D eigenvalue weighted by molar-refractivity contribution is -0.114. The summed E-state index contributed by atoms with van der Waals surface area (Å²) in [6.07, 6.45) is 1.17. The van der Waals surface area contributed by atoms with E-state index in [-0.39, 0.29) is 24.1 Å². The van der Waals surface area contributed by atoms with Crippen LogP contribution in [0.3, 0.4) is 0 Å². The molecule has 0 saturated heterocycles. The molecular formula is C14H19FN2O3. The van der Waals surface area contributed by atoms with E-state index < -0.39 is 11.7 Å². The van der Waals surface area contributed by atoms with Gasteiger partial charge in [-0.05, 0) is 38.0 Å². The smallest absolute Gasteiger partial charge is 0.254 e. The topological polar surface area (TPSA) is 78.4 Å². The molecule has 6 heteroatoms. The fourth-order valence-corrected chi connectivity index (χ4v) is 1.75. The molecule has 1 rings (SSSR count). The summed E-state index contributed by atoms with van der Waals surface area (Å²) in [4.78, 5) is 22.9. The fourth-order valence-electron chi connectivity index (χ4n) is 1.75. The van der Waals surface area contributed by atoms with Crippen LogP contribution in [0.25, 0.3) is 0 Å². The van der Waals surface area contributed by atoms with Crippen molar-refractivity contribution >= 4 is 17.5 Å². The van der Waals surface area contributed by atoms with Crippen molar-refractivity contribution in [2.75, 3.05) is 11.9 Å². The summed E-state index contributed by atoms with van der Waals surface area (Å²) in [5, 5.41) is 13.9. The molecule has 1 unspecified atom stereocenters. The standard InChI is InChI=1S/C14H19FN2O3/c1-9(4-3-7-18)16-14(20)12-8-11(17-10(2)19)5-6-13(12)15/h5-6,8-9,18H,3-4,7H2,1-2H3,(H,16,20)(H,17,19). The van der Waals surface area contributed by atoms with Gasteiger partial charge in [-0.3, -0.25) is 9.59 Å². The van der Waals surface area contributed by atoms with Crippen LogP contribution in [-0.4, -0.2) is 29.6 Å². The molecule has 0 radical (unpaired) electrons. The van der Waals surface area contributed by atoms with Crippen LogP contribution in [0.2, 0.25) is 0 Å². The molecule has 0 aliphatic heterocycles. The van der Waals surface area contributed by atoms with Crippen LogP contribution in [0.4, 0.5) is 10.1 Å². The predicted octanol–water partition coefficient (Wildman–Crippen LogP) is 1.67. The Bertz CT molecular complexity index is 491. The Kier molecular flexibility index (Phi) is 6.11. The largest absolute Gasteiger partial charge is 0.396 e. The number of rotatable bonds is 6. The number of aliphatic hydroxyl groups is 1. The molecule has 1 atom stereocenters. The summed E-state index contributed by atoms with van der Waals surface area (Å²) < 4.78 is 13.6. The molecule has 20 heavy (non-hydrogen) atoms. The van der Waals surface area contributed by atoms with Crippen LogP contribution >= 0.6 is 0 Å². The molecule has 1 aromatic carbocycles. The first-order valence-electron chi connectivity index (χ1n) is 6.43. The zero-order chi connectivity index (χ0) is 15.1. The summed E-state index contributed by atoms with van der Waals surface area (Å²) in [5.41, 5.74) is 0.249. The van der Waals surface area contributed by atoms with E-state index in [9.17, 15) is 14.0 Å². The Balaban J connectivity index is 2.78. The molecule has 0 heterocycles. The SMILES string of the molecule is CC(=O)Nc1ccc(F)c(C(=O)NC(C)CCCO)c1. The highest BCUT2D eigenvalue weighted by Gasteiger charge is 2.15. The minimum absolute atomic E-state index is 0.0482. The fraction of sp³-hybridized carbons (Fsp3) is 0.429. The highest BCUT2D eigenvalue weighted by molar-refractivity contribution is 5.97. The normalized spacial score (nSPS) is 11.8. The summed E-state index contributed by atoms with van der Waals surface area (Å²) in [6.45, 7) is 3.16. The number of aliphatic hydroxyl groups excluding tert-OH is 1. The van der Waals surface area contributed by atoms with E-state index in [0.29, 0.717) is 18.5 Å². The van der Waals surface area contributed by atoms with Crippen molar-refractivity contribution in [3.05, 3.63) is 29.6 Å². The number of nitrogens with one attached hydrogen (secondary N) is 2. The number of hydrogen-bond acceptors (Lipinski definition) is 3. The van der Waals surface area contributed by atoms with Gasteiger partial charge in [-0.2, -0.15) is 0 Å². The Labute approximate surface area is 117 Å². The minimum Gasteiger partial charge on any atom is -0.396 e. The average Bonchev–Trinajstić information content (AvgIpc) is 2.37. The predicted molar refractivity (Wildman–Crippen MR) is 74.0 cm³/mol. The summed E-state index contributed by atoms with van der Waals surface area (Å²) in [6, 6.07) is 3.66. The summed E-state index contributed by atoms with van der Waals surface area (Å²) in [7, 11) is 0. The average molecular weight is 282 g/mol.